The number of aromatic nitrogens is 1. The first-order chi connectivity index (χ1) is 17.8. The number of carbonyl (C=O) groups is 1. The third-order valence-electron chi connectivity index (χ3n) is 7.08. The summed E-state index contributed by atoms with van der Waals surface area (Å²) in [6.45, 7) is 4.64. The molecule has 2 saturated heterocycles. The Morgan fingerprint density at radius 3 is 2.17 bits per heavy atom. The van der Waals surface area contributed by atoms with Crippen LogP contribution >= 0.6 is 11.8 Å². The molecule has 0 radical (unpaired) electrons. The SMILES string of the molecule is O=C(NCCCN1CCC(=C(c2ccccc2)c2ccccc2)CC1)[C@]1(c2ccncc2)NCCS1. The van der Waals surface area contributed by atoms with Crippen LogP contribution in [0.3, 0.4) is 0 Å². The van der Waals surface area contributed by atoms with Crippen molar-refractivity contribution in [2.75, 3.05) is 38.5 Å². The van der Waals surface area contributed by atoms with Crippen molar-refractivity contribution in [3.8, 4) is 0 Å². The second kappa shape index (κ2) is 11.9. The van der Waals surface area contributed by atoms with E-state index in [2.05, 4.69) is 81.2 Å². The molecular formula is C30H34N4OS. The predicted octanol–water partition coefficient (Wildman–Crippen LogP) is 4.68. The average molecular weight is 499 g/mol. The molecule has 5 nitrogen and oxygen atoms in total. The number of amides is 1. The highest BCUT2D eigenvalue weighted by Crippen LogP contribution is 2.37. The van der Waals surface area contributed by atoms with Crippen LogP contribution < -0.4 is 10.6 Å². The lowest BCUT2D eigenvalue weighted by Gasteiger charge is -2.31. The van der Waals surface area contributed by atoms with Crippen molar-refractivity contribution in [1.29, 1.82) is 0 Å². The Labute approximate surface area is 218 Å². The normalized spacial score (nSPS) is 20.3. The molecule has 0 bridgehead atoms. The summed E-state index contributed by atoms with van der Waals surface area (Å²) in [5, 5.41) is 6.62. The molecule has 2 N–H and O–H groups in total. The molecule has 0 saturated carbocycles. The van der Waals surface area contributed by atoms with E-state index in [4.69, 9.17) is 0 Å². The van der Waals surface area contributed by atoms with E-state index in [1.807, 2.05) is 12.1 Å². The minimum absolute atomic E-state index is 0.0513. The molecule has 3 aromatic rings. The van der Waals surface area contributed by atoms with Gasteiger partial charge in [-0.3, -0.25) is 15.1 Å². The zero-order valence-electron chi connectivity index (χ0n) is 20.7. The molecule has 1 atom stereocenters. The highest BCUT2D eigenvalue weighted by Gasteiger charge is 2.43. The molecule has 2 aromatic carbocycles. The largest absolute Gasteiger partial charge is 0.353 e. The van der Waals surface area contributed by atoms with Gasteiger partial charge >= 0.3 is 0 Å². The van der Waals surface area contributed by atoms with E-state index < -0.39 is 4.87 Å². The fraction of sp³-hybridized carbons (Fsp3) is 0.333. The molecule has 2 fully saturated rings. The molecular weight excluding hydrogens is 464 g/mol. The minimum Gasteiger partial charge on any atom is -0.353 e. The zero-order valence-corrected chi connectivity index (χ0v) is 21.5. The molecule has 0 unspecified atom stereocenters. The van der Waals surface area contributed by atoms with Gasteiger partial charge in [0.1, 0.15) is 0 Å². The number of thioether (sulfide) groups is 1. The van der Waals surface area contributed by atoms with Crippen molar-refractivity contribution >= 4 is 23.2 Å². The first-order valence-corrected chi connectivity index (χ1v) is 13.9. The number of benzene rings is 2. The summed E-state index contributed by atoms with van der Waals surface area (Å²) < 4.78 is 0. The molecule has 186 valence electrons. The van der Waals surface area contributed by atoms with E-state index in [0.717, 1.165) is 56.8 Å². The predicted molar refractivity (Wildman–Crippen MR) is 149 cm³/mol. The smallest absolute Gasteiger partial charge is 0.255 e. The van der Waals surface area contributed by atoms with Crippen LogP contribution in [0.5, 0.6) is 0 Å². The Morgan fingerprint density at radius 1 is 0.944 bits per heavy atom. The lowest BCUT2D eigenvalue weighted by Crippen LogP contribution is -2.49. The second-order valence-electron chi connectivity index (χ2n) is 9.35. The Balaban J connectivity index is 1.16. The molecule has 0 aliphatic carbocycles. The average Bonchev–Trinajstić information content (AvgIpc) is 3.45. The van der Waals surface area contributed by atoms with E-state index in [1.165, 1.54) is 16.7 Å². The Hall–Kier alpha value is -2.93. The van der Waals surface area contributed by atoms with Gasteiger partial charge in [0.2, 0.25) is 0 Å². The van der Waals surface area contributed by atoms with Crippen molar-refractivity contribution in [2.45, 2.75) is 24.1 Å². The third kappa shape index (κ3) is 5.56. The quantitative estimate of drug-likeness (QED) is 0.442. The molecule has 0 spiro atoms. The molecule has 3 heterocycles. The van der Waals surface area contributed by atoms with E-state index in [1.54, 1.807) is 29.7 Å². The van der Waals surface area contributed by atoms with Crippen molar-refractivity contribution in [1.82, 2.24) is 20.5 Å². The van der Waals surface area contributed by atoms with Crippen LogP contribution in [0.25, 0.3) is 5.57 Å². The lowest BCUT2D eigenvalue weighted by atomic mass is 9.88. The van der Waals surface area contributed by atoms with Crippen molar-refractivity contribution in [3.05, 3.63) is 107 Å². The van der Waals surface area contributed by atoms with E-state index >= 15 is 0 Å². The van der Waals surface area contributed by atoms with Gasteiger partial charge in [0, 0.05) is 44.3 Å². The van der Waals surface area contributed by atoms with Crippen molar-refractivity contribution in [2.24, 2.45) is 0 Å². The number of hydrogen-bond acceptors (Lipinski definition) is 5. The van der Waals surface area contributed by atoms with E-state index in [9.17, 15) is 4.79 Å². The van der Waals surface area contributed by atoms with Gasteiger partial charge in [0.05, 0.1) is 0 Å². The minimum atomic E-state index is -0.695. The molecule has 2 aliphatic rings. The molecule has 1 amide bonds. The standard InChI is InChI=1S/C30H34N4OS/c35-29(30(33-19-23-36-30)27-12-17-31-18-13-27)32-16-7-20-34-21-14-26(15-22-34)28(24-8-3-1-4-9-24)25-10-5-2-6-11-25/h1-6,8-13,17-18,33H,7,14-16,19-23H2,(H,32,35)/t30-/m1/s1. The van der Waals surface area contributed by atoms with Crippen LogP contribution in [-0.2, 0) is 9.67 Å². The number of likely N-dealkylation sites (tertiary alicyclic amines) is 1. The van der Waals surface area contributed by atoms with Crippen LogP contribution in [0.4, 0.5) is 0 Å². The Kier molecular flexibility index (Phi) is 8.16. The fourth-order valence-electron chi connectivity index (χ4n) is 5.24. The summed E-state index contributed by atoms with van der Waals surface area (Å²) >= 11 is 1.67. The molecule has 2 aliphatic heterocycles. The van der Waals surface area contributed by atoms with Gasteiger partial charge in [0.25, 0.3) is 5.91 Å². The molecule has 5 rings (SSSR count). The van der Waals surface area contributed by atoms with Gasteiger partial charge in [-0.2, -0.15) is 0 Å². The van der Waals surface area contributed by atoms with Gasteiger partial charge in [-0.25, -0.2) is 0 Å². The summed E-state index contributed by atoms with van der Waals surface area (Å²) in [4.78, 5) is 19.1. The summed E-state index contributed by atoms with van der Waals surface area (Å²) in [5.74, 6) is 0.975. The van der Waals surface area contributed by atoms with Crippen LogP contribution in [0, 0.1) is 0 Å². The number of carbonyl (C=O) groups excluding carboxylic acids is 1. The molecule has 1 aromatic heterocycles. The lowest BCUT2D eigenvalue weighted by molar-refractivity contribution is -0.124. The summed E-state index contributed by atoms with van der Waals surface area (Å²) in [7, 11) is 0. The zero-order chi connectivity index (χ0) is 24.6. The summed E-state index contributed by atoms with van der Waals surface area (Å²) in [6.07, 6.45) is 6.62. The van der Waals surface area contributed by atoms with Gasteiger partial charge in [0.15, 0.2) is 4.87 Å². The fourth-order valence-corrected chi connectivity index (χ4v) is 6.46. The first kappa shape index (κ1) is 24.8. The van der Waals surface area contributed by atoms with Crippen LogP contribution in [0.2, 0.25) is 0 Å². The van der Waals surface area contributed by atoms with Gasteiger partial charge in [-0.1, -0.05) is 66.2 Å². The molecule has 6 heteroatoms. The van der Waals surface area contributed by atoms with Crippen molar-refractivity contribution in [3.63, 3.8) is 0 Å². The Morgan fingerprint density at radius 2 is 1.58 bits per heavy atom. The summed E-state index contributed by atoms with van der Waals surface area (Å²) in [6, 6.07) is 25.4. The van der Waals surface area contributed by atoms with Gasteiger partial charge in [-0.05, 0) is 60.2 Å². The maximum Gasteiger partial charge on any atom is 0.255 e. The number of nitrogens with zero attached hydrogens (tertiary/aromatic N) is 2. The number of nitrogens with one attached hydrogen (secondary N) is 2. The second-order valence-corrected chi connectivity index (χ2v) is 10.7. The van der Waals surface area contributed by atoms with Crippen LogP contribution in [0.15, 0.2) is 90.8 Å². The number of piperidine rings is 1. The first-order valence-electron chi connectivity index (χ1n) is 12.9. The van der Waals surface area contributed by atoms with Gasteiger partial charge < -0.3 is 10.2 Å². The summed E-state index contributed by atoms with van der Waals surface area (Å²) in [5.41, 5.74) is 6.51. The molecule has 36 heavy (non-hydrogen) atoms. The highest BCUT2D eigenvalue weighted by molar-refractivity contribution is 8.01. The monoisotopic (exact) mass is 498 g/mol. The number of pyridine rings is 1. The van der Waals surface area contributed by atoms with Gasteiger partial charge in [-0.15, -0.1) is 11.8 Å². The van der Waals surface area contributed by atoms with E-state index in [-0.39, 0.29) is 5.91 Å². The van der Waals surface area contributed by atoms with Crippen LogP contribution in [0.1, 0.15) is 36.0 Å². The Bertz CT molecular complexity index is 1110. The maximum absolute atomic E-state index is 13.2. The van der Waals surface area contributed by atoms with E-state index in [0.29, 0.717) is 6.54 Å². The van der Waals surface area contributed by atoms with Crippen molar-refractivity contribution < 1.29 is 4.79 Å². The number of rotatable bonds is 8. The van der Waals surface area contributed by atoms with Crippen LogP contribution in [-0.4, -0.2) is 54.3 Å². The number of hydrogen-bond donors (Lipinski definition) is 2. The topological polar surface area (TPSA) is 57.3 Å². The maximum atomic E-state index is 13.2. The third-order valence-corrected chi connectivity index (χ3v) is 8.48. The highest BCUT2D eigenvalue weighted by atomic mass is 32.2.